The highest BCUT2D eigenvalue weighted by Gasteiger charge is 2.26. The highest BCUT2D eigenvalue weighted by molar-refractivity contribution is 6.34. The van der Waals surface area contributed by atoms with Crippen molar-refractivity contribution in [3.8, 4) is 5.75 Å². The van der Waals surface area contributed by atoms with Gasteiger partial charge in [0.25, 0.3) is 0 Å². The van der Waals surface area contributed by atoms with Crippen LogP contribution in [-0.4, -0.2) is 12.4 Å². The molecule has 2 rings (SSSR count). The second-order valence-electron chi connectivity index (χ2n) is 2.88. The highest BCUT2D eigenvalue weighted by Crippen LogP contribution is 2.34. The van der Waals surface area contributed by atoms with E-state index in [1.807, 2.05) is 0 Å². The monoisotopic (exact) mass is 218 g/mol. The maximum Gasteiger partial charge on any atom is 0.178 e. The highest BCUT2D eigenvalue weighted by atomic mass is 35.5. The molecule has 5 heteroatoms. The zero-order valence-electron chi connectivity index (χ0n) is 6.94. The Labute approximate surface area is 83.4 Å². The summed E-state index contributed by atoms with van der Waals surface area (Å²) in [6.45, 7) is 0.174. The van der Waals surface area contributed by atoms with Gasteiger partial charge in [0.1, 0.15) is 5.75 Å². The van der Waals surface area contributed by atoms with E-state index in [0.717, 1.165) is 6.07 Å². The zero-order chi connectivity index (χ0) is 10.3. The molecule has 1 aliphatic rings. The van der Waals surface area contributed by atoms with Crippen LogP contribution in [0.15, 0.2) is 6.07 Å². The van der Waals surface area contributed by atoms with Gasteiger partial charge in [-0.1, -0.05) is 11.6 Å². The Bertz CT molecular complexity index is 418. The molecule has 14 heavy (non-hydrogen) atoms. The molecule has 0 atom stereocenters. The molecule has 2 nitrogen and oxygen atoms in total. The van der Waals surface area contributed by atoms with Crippen LogP contribution >= 0.6 is 11.6 Å². The van der Waals surface area contributed by atoms with E-state index in [2.05, 4.69) is 0 Å². The maximum absolute atomic E-state index is 13.0. The molecule has 1 aromatic carbocycles. The molecule has 0 unspecified atom stereocenters. The van der Waals surface area contributed by atoms with Crippen molar-refractivity contribution in [2.24, 2.45) is 0 Å². The molecule has 1 aromatic rings. The third-order valence-electron chi connectivity index (χ3n) is 1.99. The first-order chi connectivity index (χ1) is 6.61. The number of benzene rings is 1. The van der Waals surface area contributed by atoms with Gasteiger partial charge in [0.05, 0.1) is 17.2 Å². The summed E-state index contributed by atoms with van der Waals surface area (Å²) in [5, 5.41) is -0.496. The van der Waals surface area contributed by atoms with Crippen molar-refractivity contribution in [1.82, 2.24) is 0 Å². The number of hydrogen-bond acceptors (Lipinski definition) is 2. The predicted octanol–water partition coefficient (Wildman–Crippen LogP) is 2.58. The molecule has 74 valence electrons. The normalized spacial score (nSPS) is 14.9. The van der Waals surface area contributed by atoms with E-state index in [9.17, 15) is 13.6 Å². The Morgan fingerprint density at radius 3 is 2.86 bits per heavy atom. The molecule has 0 bridgehead atoms. The standard InChI is InChI=1S/C9H5ClF2O2/c10-8-7-5(13)1-2-14-6(7)3-4(11)9(8)12/h3H,1-2H2. The average Bonchev–Trinajstić information content (AvgIpc) is 2.14. The smallest absolute Gasteiger partial charge is 0.178 e. The van der Waals surface area contributed by atoms with Crippen molar-refractivity contribution in [3.05, 3.63) is 28.3 Å². The average molecular weight is 219 g/mol. The van der Waals surface area contributed by atoms with E-state index in [0.29, 0.717) is 0 Å². The van der Waals surface area contributed by atoms with Gasteiger partial charge in [-0.2, -0.15) is 0 Å². The van der Waals surface area contributed by atoms with E-state index in [4.69, 9.17) is 16.3 Å². The molecule has 0 spiro atoms. The van der Waals surface area contributed by atoms with Gasteiger partial charge in [0.15, 0.2) is 17.4 Å². The minimum Gasteiger partial charge on any atom is -0.492 e. The van der Waals surface area contributed by atoms with Crippen LogP contribution in [0.25, 0.3) is 0 Å². The minimum absolute atomic E-state index is 0.0187. The van der Waals surface area contributed by atoms with E-state index in [1.165, 1.54) is 0 Å². The summed E-state index contributed by atoms with van der Waals surface area (Å²) >= 11 is 5.50. The number of fused-ring (bicyclic) bond motifs is 1. The lowest BCUT2D eigenvalue weighted by molar-refractivity contribution is 0.0932. The van der Waals surface area contributed by atoms with Crippen molar-refractivity contribution in [3.63, 3.8) is 0 Å². The SMILES string of the molecule is O=C1CCOc2cc(F)c(F)c(Cl)c21. The van der Waals surface area contributed by atoms with Crippen molar-refractivity contribution in [2.45, 2.75) is 6.42 Å². The number of halogens is 3. The fraction of sp³-hybridized carbons (Fsp3) is 0.222. The summed E-state index contributed by atoms with van der Waals surface area (Å²) in [6, 6.07) is 0.841. The third kappa shape index (κ3) is 1.26. The molecule has 0 N–H and O–H groups in total. The predicted molar refractivity (Wildman–Crippen MR) is 45.8 cm³/mol. The van der Waals surface area contributed by atoms with Crippen molar-refractivity contribution in [2.75, 3.05) is 6.61 Å². The third-order valence-corrected chi connectivity index (χ3v) is 2.35. The summed E-state index contributed by atoms with van der Waals surface area (Å²) in [4.78, 5) is 11.3. The number of carbonyl (C=O) groups is 1. The Kier molecular flexibility index (Phi) is 2.15. The summed E-state index contributed by atoms with van der Waals surface area (Å²) < 4.78 is 30.8. The topological polar surface area (TPSA) is 26.3 Å². The zero-order valence-corrected chi connectivity index (χ0v) is 7.70. The first-order valence-electron chi connectivity index (χ1n) is 3.94. The van der Waals surface area contributed by atoms with Crippen LogP contribution in [0.5, 0.6) is 5.75 Å². The summed E-state index contributed by atoms with van der Waals surface area (Å²) in [7, 11) is 0. The Hall–Kier alpha value is -1.16. The number of Topliss-reactive ketones (excluding diaryl/α,β-unsaturated/α-hetero) is 1. The Morgan fingerprint density at radius 1 is 1.43 bits per heavy atom. The van der Waals surface area contributed by atoms with E-state index < -0.39 is 16.7 Å². The maximum atomic E-state index is 13.0. The quantitative estimate of drug-likeness (QED) is 0.626. The van der Waals surface area contributed by atoms with Crippen LogP contribution in [0.1, 0.15) is 16.8 Å². The summed E-state index contributed by atoms with van der Waals surface area (Å²) in [5.41, 5.74) is -0.0585. The van der Waals surface area contributed by atoms with Crippen LogP contribution in [0.4, 0.5) is 8.78 Å². The molecule has 0 radical (unpaired) electrons. The molecule has 0 aromatic heterocycles. The lowest BCUT2D eigenvalue weighted by Crippen LogP contribution is -2.16. The molecule has 0 fully saturated rings. The number of ether oxygens (including phenoxy) is 1. The van der Waals surface area contributed by atoms with Crippen molar-refractivity contribution < 1.29 is 18.3 Å². The lowest BCUT2D eigenvalue weighted by Gasteiger charge is -2.17. The van der Waals surface area contributed by atoms with Crippen LogP contribution < -0.4 is 4.74 Å². The van der Waals surface area contributed by atoms with Gasteiger partial charge in [-0.3, -0.25) is 4.79 Å². The first-order valence-corrected chi connectivity index (χ1v) is 4.32. The Balaban J connectivity index is 2.70. The molecule has 0 amide bonds. The summed E-state index contributed by atoms with van der Waals surface area (Å²) in [6.07, 6.45) is 0.137. The molecule has 0 aliphatic carbocycles. The van der Waals surface area contributed by atoms with Gasteiger partial charge in [-0.05, 0) is 0 Å². The van der Waals surface area contributed by atoms with E-state index >= 15 is 0 Å². The number of rotatable bonds is 0. The van der Waals surface area contributed by atoms with Gasteiger partial charge in [-0.15, -0.1) is 0 Å². The van der Waals surface area contributed by atoms with E-state index in [1.54, 1.807) is 0 Å². The first kappa shape index (κ1) is 9.40. The molecule has 0 saturated carbocycles. The van der Waals surface area contributed by atoms with Gasteiger partial charge in [0, 0.05) is 12.5 Å². The van der Waals surface area contributed by atoms with Gasteiger partial charge >= 0.3 is 0 Å². The Morgan fingerprint density at radius 2 is 2.14 bits per heavy atom. The van der Waals surface area contributed by atoms with Crippen LogP contribution in [0.3, 0.4) is 0 Å². The van der Waals surface area contributed by atoms with Crippen LogP contribution in [-0.2, 0) is 0 Å². The summed E-state index contributed by atoms with van der Waals surface area (Å²) in [5.74, 6) is -2.62. The molecule has 0 saturated heterocycles. The second-order valence-corrected chi connectivity index (χ2v) is 3.26. The van der Waals surface area contributed by atoms with Crippen LogP contribution in [0, 0.1) is 11.6 Å². The fourth-order valence-corrected chi connectivity index (χ4v) is 1.61. The second kappa shape index (κ2) is 3.20. The minimum atomic E-state index is -1.20. The van der Waals surface area contributed by atoms with Crippen LogP contribution in [0.2, 0.25) is 5.02 Å². The lowest BCUT2D eigenvalue weighted by atomic mass is 10.0. The molecular formula is C9H5ClF2O2. The van der Waals surface area contributed by atoms with Gasteiger partial charge in [0.2, 0.25) is 0 Å². The number of carbonyl (C=O) groups excluding carboxylic acids is 1. The van der Waals surface area contributed by atoms with E-state index in [-0.39, 0.29) is 30.1 Å². The van der Waals surface area contributed by atoms with Crippen molar-refractivity contribution in [1.29, 1.82) is 0 Å². The molecule has 1 heterocycles. The number of hydrogen-bond donors (Lipinski definition) is 0. The van der Waals surface area contributed by atoms with Crippen molar-refractivity contribution >= 4 is 17.4 Å². The largest absolute Gasteiger partial charge is 0.492 e. The number of ketones is 1. The fourth-order valence-electron chi connectivity index (χ4n) is 1.33. The van der Waals surface area contributed by atoms with Gasteiger partial charge in [-0.25, -0.2) is 8.78 Å². The van der Waals surface area contributed by atoms with Gasteiger partial charge < -0.3 is 4.74 Å². The molecule has 1 aliphatic heterocycles. The molecular weight excluding hydrogens is 214 g/mol.